The van der Waals surface area contributed by atoms with Crippen LogP contribution in [0.2, 0.25) is 0 Å². The molecular weight excluding hydrogens is 222 g/mol. The fourth-order valence-electron chi connectivity index (χ4n) is 2.32. The molecule has 2 N–H and O–H groups in total. The zero-order valence-electron chi connectivity index (χ0n) is 9.12. The summed E-state index contributed by atoms with van der Waals surface area (Å²) in [7, 11) is 0. The molecule has 16 heavy (non-hydrogen) atoms. The number of nitrogens with two attached hydrogens (primary N) is 1. The lowest BCUT2D eigenvalue weighted by Crippen LogP contribution is -2.30. The molecule has 0 amide bonds. The van der Waals surface area contributed by atoms with Gasteiger partial charge in [-0.3, -0.25) is 4.79 Å². The number of rotatable bonds is 0. The molecule has 0 aliphatic heterocycles. The highest BCUT2D eigenvalue weighted by atomic mass is 32.1. The van der Waals surface area contributed by atoms with Crippen LogP contribution < -0.4 is 11.4 Å². The quantitative estimate of drug-likeness (QED) is 0.701. The van der Waals surface area contributed by atoms with Crippen LogP contribution in [0, 0.1) is 6.92 Å². The summed E-state index contributed by atoms with van der Waals surface area (Å²) in [4.78, 5) is 18.7. The largest absolute Gasteiger partial charge is 0.335 e. The molecule has 1 aliphatic rings. The van der Waals surface area contributed by atoms with Crippen molar-refractivity contribution in [2.45, 2.75) is 32.6 Å². The van der Waals surface area contributed by atoms with E-state index in [1.54, 1.807) is 18.3 Å². The lowest BCUT2D eigenvalue weighted by molar-refractivity contribution is 0.699. The van der Waals surface area contributed by atoms with Gasteiger partial charge in [0.1, 0.15) is 10.7 Å². The highest BCUT2D eigenvalue weighted by Crippen LogP contribution is 2.33. The highest BCUT2D eigenvalue weighted by molar-refractivity contribution is 7.18. The van der Waals surface area contributed by atoms with E-state index in [0.29, 0.717) is 5.82 Å². The summed E-state index contributed by atoms with van der Waals surface area (Å²) in [5, 5.41) is 0.757. The average Bonchev–Trinajstić information content (AvgIpc) is 2.64. The molecule has 2 aromatic rings. The summed E-state index contributed by atoms with van der Waals surface area (Å²) in [6.45, 7) is 1.76. The molecule has 4 nitrogen and oxygen atoms in total. The maximum absolute atomic E-state index is 12.1. The molecule has 3 rings (SSSR count). The molecule has 0 saturated heterocycles. The number of aromatic nitrogens is 2. The van der Waals surface area contributed by atoms with Crippen LogP contribution >= 0.6 is 11.3 Å². The lowest BCUT2D eigenvalue weighted by atomic mass is 9.97. The summed E-state index contributed by atoms with van der Waals surface area (Å²) >= 11 is 1.66. The Bertz CT molecular complexity index is 626. The molecule has 84 valence electrons. The first-order valence-corrected chi connectivity index (χ1v) is 6.29. The fourth-order valence-corrected chi connectivity index (χ4v) is 3.62. The van der Waals surface area contributed by atoms with E-state index in [2.05, 4.69) is 4.98 Å². The number of hydrogen-bond donors (Lipinski definition) is 1. The summed E-state index contributed by atoms with van der Waals surface area (Å²) in [5.74, 6) is 6.27. The van der Waals surface area contributed by atoms with E-state index in [9.17, 15) is 4.79 Å². The van der Waals surface area contributed by atoms with Crippen molar-refractivity contribution in [2.75, 3.05) is 5.84 Å². The van der Waals surface area contributed by atoms with Gasteiger partial charge in [0.2, 0.25) is 0 Å². The van der Waals surface area contributed by atoms with Gasteiger partial charge >= 0.3 is 0 Å². The van der Waals surface area contributed by atoms with E-state index in [1.165, 1.54) is 16.9 Å². The maximum Gasteiger partial charge on any atom is 0.280 e. The normalized spacial score (nSPS) is 15.3. The van der Waals surface area contributed by atoms with Crippen LogP contribution in [0.1, 0.15) is 29.1 Å². The number of aryl methyl sites for hydroxylation is 3. The van der Waals surface area contributed by atoms with Gasteiger partial charge in [-0.05, 0) is 38.2 Å². The van der Waals surface area contributed by atoms with Crippen molar-refractivity contribution in [1.29, 1.82) is 0 Å². The Morgan fingerprint density at radius 1 is 1.38 bits per heavy atom. The van der Waals surface area contributed by atoms with Crippen molar-refractivity contribution >= 4 is 21.6 Å². The minimum Gasteiger partial charge on any atom is -0.335 e. The summed E-state index contributed by atoms with van der Waals surface area (Å²) < 4.78 is 1.16. The molecule has 0 atom stereocenters. The molecule has 0 aromatic carbocycles. The van der Waals surface area contributed by atoms with Crippen LogP contribution in [0.15, 0.2) is 4.79 Å². The van der Waals surface area contributed by atoms with E-state index in [-0.39, 0.29) is 5.56 Å². The molecule has 5 heteroatoms. The van der Waals surface area contributed by atoms with Crippen molar-refractivity contribution in [2.24, 2.45) is 0 Å². The molecule has 0 fully saturated rings. The van der Waals surface area contributed by atoms with Gasteiger partial charge < -0.3 is 5.84 Å². The topological polar surface area (TPSA) is 60.9 Å². The van der Waals surface area contributed by atoms with Crippen LogP contribution in [0.4, 0.5) is 0 Å². The minimum atomic E-state index is -0.0955. The number of nitrogens with zero attached hydrogens (tertiary/aromatic N) is 2. The molecule has 0 unspecified atom stereocenters. The Balaban J connectivity index is 2.45. The van der Waals surface area contributed by atoms with Crippen molar-refractivity contribution < 1.29 is 0 Å². The van der Waals surface area contributed by atoms with Crippen LogP contribution in [0.25, 0.3) is 10.2 Å². The van der Waals surface area contributed by atoms with Gasteiger partial charge in [0.25, 0.3) is 5.56 Å². The van der Waals surface area contributed by atoms with Gasteiger partial charge in [-0.1, -0.05) is 0 Å². The van der Waals surface area contributed by atoms with Crippen LogP contribution in [-0.4, -0.2) is 9.66 Å². The van der Waals surface area contributed by atoms with E-state index in [0.717, 1.165) is 34.2 Å². The van der Waals surface area contributed by atoms with E-state index < -0.39 is 0 Å². The Kier molecular flexibility index (Phi) is 2.04. The maximum atomic E-state index is 12.1. The SMILES string of the molecule is Cc1nc2sc3c(c2c(=O)n1N)CCCC3. The van der Waals surface area contributed by atoms with Gasteiger partial charge in [0, 0.05) is 4.88 Å². The third-order valence-corrected chi connectivity index (χ3v) is 4.38. The molecule has 2 aromatic heterocycles. The zero-order chi connectivity index (χ0) is 11.3. The standard InChI is InChI=1S/C11H13N3OS/c1-6-13-10-9(11(15)14(6)12)7-4-2-3-5-8(7)16-10/h2-5,12H2,1H3. The number of nitrogen functional groups attached to an aromatic ring is 1. The Morgan fingerprint density at radius 2 is 2.12 bits per heavy atom. The van der Waals surface area contributed by atoms with Crippen molar-refractivity contribution in [3.63, 3.8) is 0 Å². The molecule has 0 saturated carbocycles. The van der Waals surface area contributed by atoms with E-state index in [1.807, 2.05) is 0 Å². The molecule has 0 spiro atoms. The molecule has 2 heterocycles. The average molecular weight is 235 g/mol. The van der Waals surface area contributed by atoms with Gasteiger partial charge in [-0.15, -0.1) is 11.3 Å². The third-order valence-electron chi connectivity index (χ3n) is 3.20. The van der Waals surface area contributed by atoms with Gasteiger partial charge in [-0.2, -0.15) is 0 Å². The predicted molar refractivity (Wildman–Crippen MR) is 65.4 cm³/mol. The second kappa shape index (κ2) is 3.31. The van der Waals surface area contributed by atoms with Crippen LogP contribution in [0.5, 0.6) is 0 Å². The molecular formula is C11H13N3OS. The molecule has 0 bridgehead atoms. The number of fused-ring (bicyclic) bond motifs is 3. The summed E-state index contributed by atoms with van der Waals surface area (Å²) in [5.41, 5.74) is 1.10. The lowest BCUT2D eigenvalue weighted by Gasteiger charge is -2.10. The Labute approximate surface area is 96.7 Å². The fraction of sp³-hybridized carbons (Fsp3) is 0.455. The van der Waals surface area contributed by atoms with Gasteiger partial charge in [-0.25, -0.2) is 9.66 Å². The van der Waals surface area contributed by atoms with Crippen LogP contribution in [0.3, 0.4) is 0 Å². The van der Waals surface area contributed by atoms with Gasteiger partial charge in [0.05, 0.1) is 5.39 Å². The van der Waals surface area contributed by atoms with E-state index >= 15 is 0 Å². The Morgan fingerprint density at radius 3 is 2.94 bits per heavy atom. The van der Waals surface area contributed by atoms with Gasteiger partial charge in [0.15, 0.2) is 0 Å². The predicted octanol–water partition coefficient (Wildman–Crippen LogP) is 1.36. The molecule has 0 radical (unpaired) electrons. The Hall–Kier alpha value is -1.36. The number of hydrogen-bond acceptors (Lipinski definition) is 4. The van der Waals surface area contributed by atoms with Crippen molar-refractivity contribution in [3.05, 3.63) is 26.6 Å². The van der Waals surface area contributed by atoms with E-state index in [4.69, 9.17) is 5.84 Å². The first-order chi connectivity index (χ1) is 7.68. The first-order valence-electron chi connectivity index (χ1n) is 5.47. The third kappa shape index (κ3) is 1.21. The van der Waals surface area contributed by atoms with Crippen molar-refractivity contribution in [3.8, 4) is 0 Å². The minimum absolute atomic E-state index is 0.0955. The number of thiophene rings is 1. The second-order valence-corrected chi connectivity index (χ2v) is 5.31. The second-order valence-electron chi connectivity index (χ2n) is 4.23. The van der Waals surface area contributed by atoms with Crippen molar-refractivity contribution in [1.82, 2.24) is 9.66 Å². The summed E-state index contributed by atoms with van der Waals surface area (Å²) in [6.07, 6.45) is 4.46. The first kappa shape index (κ1) is 9.84. The van der Waals surface area contributed by atoms with Crippen LogP contribution in [-0.2, 0) is 12.8 Å². The smallest absolute Gasteiger partial charge is 0.280 e. The molecule has 1 aliphatic carbocycles. The highest BCUT2D eigenvalue weighted by Gasteiger charge is 2.20. The zero-order valence-corrected chi connectivity index (χ0v) is 9.93. The summed E-state index contributed by atoms with van der Waals surface area (Å²) in [6, 6.07) is 0. The monoisotopic (exact) mass is 235 g/mol.